The summed E-state index contributed by atoms with van der Waals surface area (Å²) < 4.78 is 29.4. The number of ether oxygens (including phenoxy) is 1. The van der Waals surface area contributed by atoms with Gasteiger partial charge in [0.15, 0.2) is 5.82 Å². The Bertz CT molecular complexity index is 1260. The van der Waals surface area contributed by atoms with E-state index in [1.54, 1.807) is 36.1 Å². The lowest BCUT2D eigenvalue weighted by molar-refractivity contribution is 0.0359. The minimum atomic E-state index is -2.95. The molecule has 11 heteroatoms. The molecule has 162 valence electrons. The zero-order chi connectivity index (χ0) is 21.8. The van der Waals surface area contributed by atoms with E-state index < -0.39 is 10.8 Å². The van der Waals surface area contributed by atoms with Crippen LogP contribution < -0.4 is 10.9 Å². The van der Waals surface area contributed by atoms with E-state index in [0.29, 0.717) is 53.5 Å². The number of hydrogen-bond donors (Lipinski definition) is 4. The van der Waals surface area contributed by atoms with Crippen LogP contribution in [-0.4, -0.2) is 48.4 Å². The molecular formula is C20H22N6O4S. The van der Waals surface area contributed by atoms with Crippen LogP contribution in [0.3, 0.4) is 0 Å². The zero-order valence-corrected chi connectivity index (χ0v) is 17.6. The quantitative estimate of drug-likeness (QED) is 0.485. The summed E-state index contributed by atoms with van der Waals surface area (Å²) in [7, 11) is -1.29. The summed E-state index contributed by atoms with van der Waals surface area (Å²) in [6.45, 7) is 1.29. The van der Waals surface area contributed by atoms with Gasteiger partial charge in [0.2, 0.25) is 0 Å². The Kier molecular flexibility index (Phi) is 4.76. The van der Waals surface area contributed by atoms with Crippen LogP contribution >= 0.6 is 10.8 Å². The van der Waals surface area contributed by atoms with Gasteiger partial charge >= 0.3 is 0 Å². The molecule has 0 aliphatic carbocycles. The maximum absolute atomic E-state index is 12.6. The first kappa shape index (κ1) is 20.0. The van der Waals surface area contributed by atoms with E-state index in [4.69, 9.17) is 4.74 Å². The van der Waals surface area contributed by atoms with E-state index in [2.05, 4.69) is 21.5 Å². The summed E-state index contributed by atoms with van der Waals surface area (Å²) in [5.74, 6) is 0.113. The molecule has 2 aliphatic heterocycles. The predicted molar refractivity (Wildman–Crippen MR) is 116 cm³/mol. The molecule has 1 aromatic carbocycles. The molecular weight excluding hydrogens is 420 g/mol. The molecule has 0 amide bonds. The van der Waals surface area contributed by atoms with Gasteiger partial charge in [0.25, 0.3) is 5.56 Å². The number of nitrogens with one attached hydrogen (secondary N) is 2. The molecule has 2 atom stereocenters. The lowest BCUT2D eigenvalue weighted by atomic mass is 9.96. The number of benzene rings is 1. The zero-order valence-electron chi connectivity index (χ0n) is 16.8. The summed E-state index contributed by atoms with van der Waals surface area (Å²) in [5, 5.41) is 17.8. The van der Waals surface area contributed by atoms with Crippen LogP contribution in [0, 0.1) is 17.2 Å². The van der Waals surface area contributed by atoms with Gasteiger partial charge in [0.05, 0.1) is 35.0 Å². The maximum Gasteiger partial charge on any atom is 0.261 e. The summed E-state index contributed by atoms with van der Waals surface area (Å²) in [5.41, 5.74) is 1.81. The molecule has 4 N–H and O–H groups in total. The van der Waals surface area contributed by atoms with Crippen molar-refractivity contribution in [2.24, 2.45) is 5.92 Å². The van der Waals surface area contributed by atoms with Gasteiger partial charge in [0, 0.05) is 32.1 Å². The Balaban J connectivity index is 1.57. The SMILES string of the molecule is CN1Cc2cc(Nc3nn(C4COCCC4C#N)c4cc[nH]c(=O)c34)ccc2S1(O)O. The average molecular weight is 443 g/mol. The molecule has 2 unspecified atom stereocenters. The minimum absolute atomic E-state index is 0.260. The van der Waals surface area contributed by atoms with Crippen LogP contribution in [0.4, 0.5) is 11.5 Å². The van der Waals surface area contributed by atoms with Crippen molar-refractivity contribution in [1.82, 2.24) is 19.1 Å². The molecule has 10 nitrogen and oxygen atoms in total. The predicted octanol–water partition coefficient (Wildman–Crippen LogP) is 3.04. The number of rotatable bonds is 3. The Morgan fingerprint density at radius 2 is 2.23 bits per heavy atom. The number of pyridine rings is 1. The maximum atomic E-state index is 12.6. The normalized spacial score (nSPS) is 23.9. The third-order valence-electron chi connectivity index (χ3n) is 5.88. The van der Waals surface area contributed by atoms with Gasteiger partial charge in [-0.3, -0.25) is 18.6 Å². The molecule has 3 aromatic rings. The first-order valence-electron chi connectivity index (χ1n) is 9.87. The van der Waals surface area contributed by atoms with Gasteiger partial charge in [-0.15, -0.1) is 10.8 Å². The van der Waals surface area contributed by atoms with Crippen LogP contribution in [0.1, 0.15) is 18.0 Å². The molecule has 0 radical (unpaired) electrons. The van der Waals surface area contributed by atoms with Crippen molar-refractivity contribution >= 4 is 33.2 Å². The van der Waals surface area contributed by atoms with Crippen LogP contribution in [-0.2, 0) is 11.3 Å². The number of nitriles is 1. The lowest BCUT2D eigenvalue weighted by Gasteiger charge is -2.34. The van der Waals surface area contributed by atoms with Crippen LogP contribution in [0.2, 0.25) is 0 Å². The number of anilines is 2. The van der Waals surface area contributed by atoms with Gasteiger partial charge in [-0.05, 0) is 36.2 Å². The van der Waals surface area contributed by atoms with Crippen LogP contribution in [0.15, 0.2) is 40.2 Å². The van der Waals surface area contributed by atoms with E-state index in [9.17, 15) is 19.2 Å². The van der Waals surface area contributed by atoms with Crippen LogP contribution in [0.5, 0.6) is 0 Å². The van der Waals surface area contributed by atoms with Gasteiger partial charge in [-0.25, -0.2) is 4.31 Å². The van der Waals surface area contributed by atoms with Crippen molar-refractivity contribution in [1.29, 1.82) is 5.26 Å². The summed E-state index contributed by atoms with van der Waals surface area (Å²) >= 11 is 0. The van der Waals surface area contributed by atoms with Gasteiger partial charge < -0.3 is 15.0 Å². The Morgan fingerprint density at radius 3 is 3.03 bits per heavy atom. The highest BCUT2D eigenvalue weighted by molar-refractivity contribution is 8.22. The van der Waals surface area contributed by atoms with Crippen molar-refractivity contribution in [2.45, 2.75) is 23.9 Å². The fourth-order valence-corrected chi connectivity index (χ4v) is 5.62. The summed E-state index contributed by atoms with van der Waals surface area (Å²) in [6, 6.07) is 9.05. The molecule has 5 rings (SSSR count). The smallest absolute Gasteiger partial charge is 0.261 e. The van der Waals surface area contributed by atoms with E-state index in [1.807, 2.05) is 6.07 Å². The molecule has 0 bridgehead atoms. The second-order valence-electron chi connectivity index (χ2n) is 7.78. The molecule has 31 heavy (non-hydrogen) atoms. The third kappa shape index (κ3) is 3.20. The standard InChI is InChI=1S/C20H22N6O4S/c1-25-10-13-8-14(2-3-17(13)31(25,28)29)23-19-18-15(4-6-22-20(18)27)26(24-19)16-11-30-7-5-12(16)9-21/h2-4,6,8,12,16,28-29H,5,7,10-11H2,1H3,(H,22,27)(H,23,24). The lowest BCUT2D eigenvalue weighted by Crippen LogP contribution is -2.30. The Morgan fingerprint density at radius 1 is 1.39 bits per heavy atom. The number of nitrogens with zero attached hydrogens (tertiary/aromatic N) is 4. The molecule has 4 heterocycles. The fourth-order valence-electron chi connectivity index (χ4n) is 4.24. The van der Waals surface area contributed by atoms with E-state index in [1.165, 1.54) is 4.31 Å². The van der Waals surface area contributed by atoms with Crippen molar-refractivity contribution in [3.8, 4) is 6.07 Å². The van der Waals surface area contributed by atoms with Crippen molar-refractivity contribution in [3.05, 3.63) is 46.4 Å². The number of aromatic nitrogens is 3. The molecule has 1 saturated heterocycles. The number of aromatic amines is 1. The van der Waals surface area contributed by atoms with Crippen LogP contribution in [0.25, 0.3) is 10.9 Å². The largest absolute Gasteiger partial charge is 0.379 e. The highest BCUT2D eigenvalue weighted by Crippen LogP contribution is 2.58. The average Bonchev–Trinajstić information content (AvgIpc) is 3.23. The molecule has 0 saturated carbocycles. The van der Waals surface area contributed by atoms with E-state index in [0.717, 1.165) is 5.56 Å². The monoisotopic (exact) mass is 442 g/mol. The van der Waals surface area contributed by atoms with E-state index in [-0.39, 0.29) is 17.5 Å². The Hall–Kier alpha value is -2.88. The minimum Gasteiger partial charge on any atom is -0.379 e. The Labute approximate surface area is 179 Å². The highest BCUT2D eigenvalue weighted by Gasteiger charge is 2.33. The van der Waals surface area contributed by atoms with Gasteiger partial charge in [-0.2, -0.15) is 10.4 Å². The number of H-pyrrole nitrogens is 1. The molecule has 0 spiro atoms. The second-order valence-corrected chi connectivity index (χ2v) is 9.88. The van der Waals surface area contributed by atoms with Crippen molar-refractivity contribution in [3.63, 3.8) is 0 Å². The first-order chi connectivity index (χ1) is 14.9. The third-order valence-corrected chi connectivity index (χ3v) is 7.87. The van der Waals surface area contributed by atoms with Gasteiger partial charge in [-0.1, -0.05) is 0 Å². The second kappa shape index (κ2) is 7.37. The van der Waals surface area contributed by atoms with Crippen molar-refractivity contribution < 1.29 is 13.8 Å². The number of fused-ring (bicyclic) bond motifs is 2. The van der Waals surface area contributed by atoms with Gasteiger partial charge in [0.1, 0.15) is 5.39 Å². The topological polar surface area (TPSA) is 139 Å². The first-order valence-corrected chi connectivity index (χ1v) is 11.4. The fraction of sp³-hybridized carbons (Fsp3) is 0.350. The summed E-state index contributed by atoms with van der Waals surface area (Å²) in [6.07, 6.45) is 2.17. The highest BCUT2D eigenvalue weighted by atomic mass is 32.3. The summed E-state index contributed by atoms with van der Waals surface area (Å²) in [4.78, 5) is 15.8. The molecule has 2 aliphatic rings. The van der Waals surface area contributed by atoms with E-state index >= 15 is 0 Å². The molecule has 1 fully saturated rings. The number of hydrogen-bond acceptors (Lipinski definition) is 8. The molecule has 2 aromatic heterocycles. The van der Waals surface area contributed by atoms with Crippen molar-refractivity contribution in [2.75, 3.05) is 25.6 Å².